The number of rotatable bonds is 4. The fourth-order valence-corrected chi connectivity index (χ4v) is 6.37. The second-order valence-corrected chi connectivity index (χ2v) is 10.8. The van der Waals surface area contributed by atoms with Gasteiger partial charge in [0, 0.05) is 23.2 Å². The van der Waals surface area contributed by atoms with Crippen LogP contribution < -0.4 is 0 Å². The van der Waals surface area contributed by atoms with Crippen LogP contribution in [-0.2, 0) is 0 Å². The van der Waals surface area contributed by atoms with E-state index in [9.17, 15) is 0 Å². The van der Waals surface area contributed by atoms with Gasteiger partial charge in [-0.3, -0.25) is 9.97 Å². The van der Waals surface area contributed by atoms with E-state index >= 15 is 0 Å². The zero-order valence-electron chi connectivity index (χ0n) is 21.4. The van der Waals surface area contributed by atoms with Crippen molar-refractivity contribution in [3.05, 3.63) is 134 Å². The smallest absolute Gasteiger partial charge is 0.143 e. The largest absolute Gasteiger partial charge is 0.308 e. The van der Waals surface area contributed by atoms with E-state index in [1.165, 1.54) is 33.0 Å². The van der Waals surface area contributed by atoms with Crippen molar-refractivity contribution in [2.24, 2.45) is 0 Å². The summed E-state index contributed by atoms with van der Waals surface area (Å²) in [5.41, 5.74) is 9.97. The lowest BCUT2D eigenvalue weighted by Crippen LogP contribution is -1.95. The Morgan fingerprint density at radius 1 is 0.575 bits per heavy atom. The maximum atomic E-state index is 4.85. The van der Waals surface area contributed by atoms with Crippen LogP contribution >= 0.6 is 11.3 Å². The van der Waals surface area contributed by atoms with E-state index in [2.05, 4.69) is 119 Å². The highest BCUT2D eigenvalue weighted by atomic mass is 32.1. The van der Waals surface area contributed by atoms with Crippen LogP contribution in [0, 0.1) is 0 Å². The molecule has 0 aliphatic heterocycles. The number of hydrogen-bond acceptors (Lipinski definition) is 4. The summed E-state index contributed by atoms with van der Waals surface area (Å²) in [6.45, 7) is 0. The van der Waals surface area contributed by atoms with Gasteiger partial charge in [-0.25, -0.2) is 4.98 Å². The molecule has 0 N–H and O–H groups in total. The fourth-order valence-electron chi connectivity index (χ4n) is 5.46. The second kappa shape index (κ2) is 9.26. The number of nitrogens with zero attached hydrogens (tertiary/aromatic N) is 4. The van der Waals surface area contributed by atoms with Crippen molar-refractivity contribution < 1.29 is 0 Å². The molecule has 4 aromatic carbocycles. The third-order valence-electron chi connectivity index (χ3n) is 7.40. The van der Waals surface area contributed by atoms with E-state index in [-0.39, 0.29) is 0 Å². The topological polar surface area (TPSA) is 43.6 Å². The Bertz CT molecular complexity index is 2010. The molecule has 5 heteroatoms. The van der Waals surface area contributed by atoms with Crippen molar-refractivity contribution >= 4 is 43.4 Å². The number of hydrogen-bond donors (Lipinski definition) is 0. The predicted molar refractivity (Wildman–Crippen MR) is 166 cm³/mol. The minimum Gasteiger partial charge on any atom is -0.308 e. The van der Waals surface area contributed by atoms with E-state index in [4.69, 9.17) is 9.97 Å². The highest BCUT2D eigenvalue weighted by molar-refractivity contribution is 7.21. The van der Waals surface area contributed by atoms with E-state index in [0.717, 1.165) is 37.6 Å². The lowest BCUT2D eigenvalue weighted by atomic mass is 10.0. The summed E-state index contributed by atoms with van der Waals surface area (Å²) < 4.78 is 3.38. The average Bonchev–Trinajstić information content (AvgIpc) is 3.61. The zero-order valence-corrected chi connectivity index (χ0v) is 22.2. The lowest BCUT2D eigenvalue weighted by Gasteiger charge is -2.09. The Labute approximate surface area is 234 Å². The van der Waals surface area contributed by atoms with Crippen LogP contribution in [0.3, 0.4) is 0 Å². The Kier molecular flexibility index (Phi) is 5.28. The molecule has 40 heavy (non-hydrogen) atoms. The molecule has 0 saturated heterocycles. The Morgan fingerprint density at radius 3 is 1.80 bits per heavy atom. The minimum atomic E-state index is 0.864. The molecule has 0 unspecified atom stereocenters. The first-order valence-corrected chi connectivity index (χ1v) is 14.0. The molecule has 8 aromatic rings. The molecule has 4 aromatic heterocycles. The van der Waals surface area contributed by atoms with Gasteiger partial charge in [-0.2, -0.15) is 0 Å². The van der Waals surface area contributed by atoms with Gasteiger partial charge in [0.2, 0.25) is 0 Å². The molecule has 0 bridgehead atoms. The summed E-state index contributed by atoms with van der Waals surface area (Å²) in [7, 11) is 0. The lowest BCUT2D eigenvalue weighted by molar-refractivity contribution is 1.14. The van der Waals surface area contributed by atoms with Crippen molar-refractivity contribution in [3.8, 4) is 38.6 Å². The van der Waals surface area contributed by atoms with Gasteiger partial charge in [-0.1, -0.05) is 72.8 Å². The SMILES string of the molecule is c1ccc(-c2ccc3c(c2)c2cc(-c4ccccc4)ccc2n3-c2ccc(-c3nc4ccncc4s3)nc2)cc1. The third kappa shape index (κ3) is 3.79. The summed E-state index contributed by atoms with van der Waals surface area (Å²) in [5.74, 6) is 0. The highest BCUT2D eigenvalue weighted by Crippen LogP contribution is 2.37. The minimum absolute atomic E-state index is 0.864. The fraction of sp³-hybridized carbons (Fsp3) is 0. The van der Waals surface area contributed by atoms with Gasteiger partial charge in [-0.05, 0) is 64.7 Å². The van der Waals surface area contributed by atoms with E-state index in [1.807, 2.05) is 18.5 Å². The Hall–Kier alpha value is -5.13. The summed E-state index contributed by atoms with van der Waals surface area (Å²) >= 11 is 1.61. The number of thiazole rings is 1. The van der Waals surface area contributed by atoms with Crippen molar-refractivity contribution in [2.75, 3.05) is 0 Å². The summed E-state index contributed by atoms with van der Waals surface area (Å²) in [6, 6.07) is 40.8. The molecule has 8 rings (SSSR count). The normalized spacial score (nSPS) is 11.5. The maximum Gasteiger partial charge on any atom is 0.143 e. The molecule has 0 spiro atoms. The maximum absolute atomic E-state index is 4.85. The molecule has 0 atom stereocenters. The highest BCUT2D eigenvalue weighted by Gasteiger charge is 2.16. The van der Waals surface area contributed by atoms with Gasteiger partial charge in [0.15, 0.2) is 0 Å². The quantitative estimate of drug-likeness (QED) is 0.228. The van der Waals surface area contributed by atoms with Crippen molar-refractivity contribution in [3.63, 3.8) is 0 Å². The summed E-state index contributed by atoms with van der Waals surface area (Å²) in [6.07, 6.45) is 5.59. The number of fused-ring (bicyclic) bond motifs is 4. The molecule has 188 valence electrons. The van der Waals surface area contributed by atoms with E-state index < -0.39 is 0 Å². The van der Waals surface area contributed by atoms with Gasteiger partial charge in [0.05, 0.1) is 38.8 Å². The first-order chi connectivity index (χ1) is 19.8. The monoisotopic (exact) mass is 530 g/mol. The standard InChI is InChI=1S/C35H22N4S/c1-3-7-23(8-4-1)25-11-15-32-28(19-25)29-20-26(24-9-5-2-6-10-24)12-16-33(29)39(32)27-13-14-31(37-21-27)35-38-30-17-18-36-22-34(30)40-35/h1-22H. The molecule has 0 aliphatic rings. The predicted octanol–water partition coefficient (Wildman–Crippen LogP) is 9.18. The molecular formula is C35H22N4S. The average molecular weight is 531 g/mol. The third-order valence-corrected chi connectivity index (χ3v) is 8.42. The molecule has 0 aliphatic carbocycles. The second-order valence-electron chi connectivity index (χ2n) is 9.80. The van der Waals surface area contributed by atoms with Crippen molar-refractivity contribution in [2.45, 2.75) is 0 Å². The molecule has 0 radical (unpaired) electrons. The van der Waals surface area contributed by atoms with E-state index in [0.29, 0.717) is 0 Å². The first kappa shape index (κ1) is 22.8. The summed E-state index contributed by atoms with van der Waals surface area (Å²) in [5, 5.41) is 3.34. The van der Waals surface area contributed by atoms with Crippen molar-refractivity contribution in [1.29, 1.82) is 0 Å². The van der Waals surface area contributed by atoms with Gasteiger partial charge in [0.1, 0.15) is 5.01 Å². The molecular weight excluding hydrogens is 508 g/mol. The molecule has 4 nitrogen and oxygen atoms in total. The molecule has 0 amide bonds. The summed E-state index contributed by atoms with van der Waals surface area (Å²) in [4.78, 5) is 13.8. The molecule has 0 saturated carbocycles. The van der Waals surface area contributed by atoms with E-state index in [1.54, 1.807) is 17.5 Å². The number of pyridine rings is 2. The Balaban J connectivity index is 1.31. The van der Waals surface area contributed by atoms with Crippen LogP contribution in [0.1, 0.15) is 0 Å². The van der Waals surface area contributed by atoms with Gasteiger partial charge in [0.25, 0.3) is 0 Å². The van der Waals surface area contributed by atoms with Gasteiger partial charge < -0.3 is 4.57 Å². The van der Waals surface area contributed by atoms with Gasteiger partial charge in [-0.15, -0.1) is 11.3 Å². The number of aromatic nitrogens is 4. The Morgan fingerprint density at radius 2 is 1.23 bits per heavy atom. The van der Waals surface area contributed by atoms with Crippen LogP contribution in [0.4, 0.5) is 0 Å². The first-order valence-electron chi connectivity index (χ1n) is 13.2. The zero-order chi connectivity index (χ0) is 26.5. The molecule has 0 fully saturated rings. The van der Waals surface area contributed by atoms with Crippen LogP contribution in [-0.4, -0.2) is 19.5 Å². The van der Waals surface area contributed by atoms with Crippen molar-refractivity contribution in [1.82, 2.24) is 19.5 Å². The van der Waals surface area contributed by atoms with Crippen LogP contribution in [0.25, 0.3) is 70.7 Å². The number of benzene rings is 4. The van der Waals surface area contributed by atoms with Crippen LogP contribution in [0.5, 0.6) is 0 Å². The van der Waals surface area contributed by atoms with Crippen LogP contribution in [0.15, 0.2) is 134 Å². The molecule has 4 heterocycles. The van der Waals surface area contributed by atoms with Crippen LogP contribution in [0.2, 0.25) is 0 Å². The van der Waals surface area contributed by atoms with Gasteiger partial charge >= 0.3 is 0 Å².